The zero-order chi connectivity index (χ0) is 12.7. The van der Waals surface area contributed by atoms with Crippen LogP contribution in [0.25, 0.3) is 10.9 Å². The van der Waals surface area contributed by atoms with Crippen molar-refractivity contribution in [2.24, 2.45) is 11.8 Å². The molecule has 3 rings (SSSR count). The monoisotopic (exact) mass is 261 g/mol. The largest absolute Gasteiger partial charge is 0.357 e. The second kappa shape index (κ2) is 4.62. The van der Waals surface area contributed by atoms with Gasteiger partial charge in [-0.3, -0.25) is 0 Å². The zero-order valence-corrected chi connectivity index (χ0v) is 11.8. The van der Waals surface area contributed by atoms with E-state index in [0.29, 0.717) is 0 Å². The van der Waals surface area contributed by atoms with Crippen LogP contribution < -0.4 is 0 Å². The summed E-state index contributed by atoms with van der Waals surface area (Å²) in [5.74, 6) is 1.64. The summed E-state index contributed by atoms with van der Waals surface area (Å²) in [6.07, 6.45) is 5.05. The first-order valence-corrected chi connectivity index (χ1v) is 7.31. The van der Waals surface area contributed by atoms with Gasteiger partial charge < -0.3 is 4.98 Å². The number of rotatable bonds is 2. The molecular formula is C16H20ClN. The van der Waals surface area contributed by atoms with Crippen molar-refractivity contribution in [3.63, 3.8) is 0 Å². The first kappa shape index (κ1) is 12.1. The molecule has 1 N–H and O–H groups in total. The minimum atomic E-state index is 0.797. The molecule has 1 aliphatic rings. The van der Waals surface area contributed by atoms with E-state index in [0.717, 1.165) is 22.4 Å². The third kappa shape index (κ3) is 2.05. The SMILES string of the molecule is CC(C)CC1CCc2[nH]c3c(Cl)cccc3c2C1. The van der Waals surface area contributed by atoms with Gasteiger partial charge in [-0.2, -0.15) is 0 Å². The second-order valence-electron chi connectivity index (χ2n) is 5.98. The molecule has 0 amide bonds. The number of aromatic amines is 1. The zero-order valence-electron chi connectivity index (χ0n) is 11.1. The van der Waals surface area contributed by atoms with E-state index in [9.17, 15) is 0 Å². The Labute approximate surface area is 114 Å². The minimum absolute atomic E-state index is 0.797. The van der Waals surface area contributed by atoms with Crippen molar-refractivity contribution in [2.75, 3.05) is 0 Å². The number of benzene rings is 1. The van der Waals surface area contributed by atoms with E-state index in [-0.39, 0.29) is 0 Å². The fraction of sp³-hybridized carbons (Fsp3) is 0.500. The molecule has 0 saturated heterocycles. The van der Waals surface area contributed by atoms with Crippen LogP contribution in [0.15, 0.2) is 18.2 Å². The van der Waals surface area contributed by atoms with Gasteiger partial charge in [-0.05, 0) is 49.1 Å². The van der Waals surface area contributed by atoms with Crippen LogP contribution in [-0.2, 0) is 12.8 Å². The molecule has 1 aliphatic carbocycles. The summed E-state index contributed by atoms with van der Waals surface area (Å²) in [5.41, 5.74) is 4.07. The lowest BCUT2D eigenvalue weighted by Crippen LogP contribution is -2.15. The summed E-state index contributed by atoms with van der Waals surface area (Å²) in [7, 11) is 0. The summed E-state index contributed by atoms with van der Waals surface area (Å²) in [6.45, 7) is 4.64. The number of H-pyrrole nitrogens is 1. The first-order chi connectivity index (χ1) is 8.65. The van der Waals surface area contributed by atoms with Crippen LogP contribution >= 0.6 is 11.6 Å². The normalized spacial score (nSPS) is 19.4. The standard InChI is InChI=1S/C16H20ClN/c1-10(2)8-11-6-7-15-13(9-11)12-4-3-5-14(17)16(12)18-15/h3-5,10-11,18H,6-9H2,1-2H3. The summed E-state index contributed by atoms with van der Waals surface area (Å²) >= 11 is 6.27. The van der Waals surface area contributed by atoms with E-state index in [2.05, 4.69) is 31.0 Å². The first-order valence-electron chi connectivity index (χ1n) is 6.93. The van der Waals surface area contributed by atoms with Crippen molar-refractivity contribution in [3.05, 3.63) is 34.5 Å². The molecule has 18 heavy (non-hydrogen) atoms. The Balaban J connectivity index is 1.99. The van der Waals surface area contributed by atoms with Gasteiger partial charge in [-0.1, -0.05) is 37.6 Å². The van der Waals surface area contributed by atoms with Gasteiger partial charge in [0.1, 0.15) is 0 Å². The van der Waals surface area contributed by atoms with Gasteiger partial charge in [0.05, 0.1) is 10.5 Å². The number of para-hydroxylation sites is 1. The van der Waals surface area contributed by atoms with Gasteiger partial charge in [0.25, 0.3) is 0 Å². The maximum Gasteiger partial charge on any atom is 0.0648 e. The summed E-state index contributed by atoms with van der Waals surface area (Å²) in [6, 6.07) is 6.23. The van der Waals surface area contributed by atoms with E-state index in [4.69, 9.17) is 11.6 Å². The minimum Gasteiger partial charge on any atom is -0.357 e. The maximum absolute atomic E-state index is 6.27. The van der Waals surface area contributed by atoms with Gasteiger partial charge in [0.15, 0.2) is 0 Å². The Morgan fingerprint density at radius 3 is 3.00 bits per heavy atom. The number of hydrogen-bond donors (Lipinski definition) is 1. The van der Waals surface area contributed by atoms with Crippen molar-refractivity contribution in [2.45, 2.75) is 39.5 Å². The van der Waals surface area contributed by atoms with Crippen LogP contribution in [0.4, 0.5) is 0 Å². The molecule has 1 unspecified atom stereocenters. The van der Waals surface area contributed by atoms with Crippen molar-refractivity contribution < 1.29 is 0 Å². The molecule has 2 aromatic rings. The highest BCUT2D eigenvalue weighted by molar-refractivity contribution is 6.35. The molecule has 1 nitrogen and oxygen atoms in total. The fourth-order valence-electron chi connectivity index (χ4n) is 3.35. The lowest BCUT2D eigenvalue weighted by Gasteiger charge is -2.23. The molecule has 0 fully saturated rings. The predicted molar refractivity (Wildman–Crippen MR) is 78.3 cm³/mol. The Kier molecular flexibility index (Phi) is 3.11. The van der Waals surface area contributed by atoms with E-state index < -0.39 is 0 Å². The smallest absolute Gasteiger partial charge is 0.0648 e. The summed E-state index contributed by atoms with van der Waals surface area (Å²) < 4.78 is 0. The molecule has 0 aliphatic heterocycles. The summed E-state index contributed by atoms with van der Waals surface area (Å²) in [5, 5.41) is 2.19. The predicted octanol–water partition coefficient (Wildman–Crippen LogP) is 4.97. The van der Waals surface area contributed by atoms with Gasteiger partial charge in [-0.25, -0.2) is 0 Å². The maximum atomic E-state index is 6.27. The van der Waals surface area contributed by atoms with Crippen LogP contribution in [-0.4, -0.2) is 4.98 Å². The average Bonchev–Trinajstić information content (AvgIpc) is 2.68. The number of aromatic nitrogens is 1. The van der Waals surface area contributed by atoms with Crippen molar-refractivity contribution >= 4 is 22.5 Å². The van der Waals surface area contributed by atoms with E-state index in [1.807, 2.05) is 6.07 Å². The molecule has 0 spiro atoms. The van der Waals surface area contributed by atoms with Crippen LogP contribution in [0.2, 0.25) is 5.02 Å². The molecule has 0 radical (unpaired) electrons. The molecule has 1 heterocycles. The topological polar surface area (TPSA) is 15.8 Å². The number of hydrogen-bond acceptors (Lipinski definition) is 0. The number of nitrogens with one attached hydrogen (secondary N) is 1. The highest BCUT2D eigenvalue weighted by Gasteiger charge is 2.23. The van der Waals surface area contributed by atoms with Gasteiger partial charge in [0, 0.05) is 11.1 Å². The lowest BCUT2D eigenvalue weighted by atomic mass is 9.82. The van der Waals surface area contributed by atoms with Gasteiger partial charge in [0.2, 0.25) is 0 Å². The van der Waals surface area contributed by atoms with Crippen LogP contribution in [0.3, 0.4) is 0 Å². The number of halogens is 1. The van der Waals surface area contributed by atoms with E-state index in [1.165, 1.54) is 42.3 Å². The Morgan fingerprint density at radius 1 is 1.39 bits per heavy atom. The molecule has 96 valence electrons. The van der Waals surface area contributed by atoms with Crippen LogP contribution in [0, 0.1) is 11.8 Å². The van der Waals surface area contributed by atoms with Crippen molar-refractivity contribution in [1.82, 2.24) is 4.98 Å². The Bertz CT molecular complexity index is 568. The second-order valence-corrected chi connectivity index (χ2v) is 6.39. The number of fused-ring (bicyclic) bond motifs is 3. The highest BCUT2D eigenvalue weighted by atomic mass is 35.5. The fourth-order valence-corrected chi connectivity index (χ4v) is 3.57. The van der Waals surface area contributed by atoms with E-state index >= 15 is 0 Å². The molecule has 0 bridgehead atoms. The molecule has 1 aromatic heterocycles. The molecular weight excluding hydrogens is 242 g/mol. The Hall–Kier alpha value is -0.950. The van der Waals surface area contributed by atoms with Crippen LogP contribution in [0.5, 0.6) is 0 Å². The van der Waals surface area contributed by atoms with Crippen molar-refractivity contribution in [3.8, 4) is 0 Å². The van der Waals surface area contributed by atoms with Gasteiger partial charge in [-0.15, -0.1) is 0 Å². The molecule has 1 aromatic carbocycles. The number of aryl methyl sites for hydroxylation is 1. The third-order valence-electron chi connectivity index (χ3n) is 4.08. The highest BCUT2D eigenvalue weighted by Crippen LogP contribution is 2.36. The van der Waals surface area contributed by atoms with Crippen molar-refractivity contribution in [1.29, 1.82) is 0 Å². The quantitative estimate of drug-likeness (QED) is 0.785. The molecule has 2 heteroatoms. The Morgan fingerprint density at radius 2 is 2.22 bits per heavy atom. The third-order valence-corrected chi connectivity index (χ3v) is 4.39. The summed E-state index contributed by atoms with van der Waals surface area (Å²) in [4.78, 5) is 3.53. The molecule has 1 atom stereocenters. The van der Waals surface area contributed by atoms with E-state index in [1.54, 1.807) is 0 Å². The molecule has 0 saturated carbocycles. The average molecular weight is 262 g/mol. The van der Waals surface area contributed by atoms with Gasteiger partial charge >= 0.3 is 0 Å². The lowest BCUT2D eigenvalue weighted by molar-refractivity contribution is 0.369. The van der Waals surface area contributed by atoms with Crippen LogP contribution in [0.1, 0.15) is 37.9 Å².